The number of ether oxygens (including phenoxy) is 1. The van der Waals surface area contributed by atoms with Gasteiger partial charge in [0.2, 0.25) is 0 Å². The third-order valence-corrected chi connectivity index (χ3v) is 1.19. The molecule has 0 bridgehead atoms. The Morgan fingerprint density at radius 2 is 2.50 bits per heavy atom. The number of aromatic nitrogens is 2. The molecule has 62 valence electrons. The molecule has 0 amide bonds. The zero-order chi connectivity index (χ0) is 8.97. The summed E-state index contributed by atoms with van der Waals surface area (Å²) in [6.07, 6.45) is 1.34. The van der Waals surface area contributed by atoms with Crippen molar-refractivity contribution < 1.29 is 4.74 Å². The Morgan fingerprint density at radius 1 is 1.75 bits per heavy atom. The highest BCUT2D eigenvalue weighted by Gasteiger charge is 2.02. The molecule has 1 rings (SSSR count). The highest BCUT2D eigenvalue weighted by atomic mass is 16.5. The van der Waals surface area contributed by atoms with Crippen molar-refractivity contribution in [3.05, 3.63) is 11.8 Å². The first kappa shape index (κ1) is 8.27. The standard InChI is InChI=1S/C7H8N4O/c1-2-12-7-10-4-5(3-8)6(9)11-7/h4H,2H2,1H3,(H2,9,10,11). The number of rotatable bonds is 2. The molecule has 0 aliphatic rings. The summed E-state index contributed by atoms with van der Waals surface area (Å²) < 4.78 is 4.97. The van der Waals surface area contributed by atoms with Gasteiger partial charge in [-0.25, -0.2) is 4.98 Å². The second kappa shape index (κ2) is 3.53. The van der Waals surface area contributed by atoms with Crippen LogP contribution in [0.25, 0.3) is 0 Å². The van der Waals surface area contributed by atoms with Crippen LogP contribution in [0.5, 0.6) is 6.01 Å². The van der Waals surface area contributed by atoms with Crippen LogP contribution in [-0.2, 0) is 0 Å². The molecule has 0 radical (unpaired) electrons. The van der Waals surface area contributed by atoms with E-state index >= 15 is 0 Å². The SMILES string of the molecule is CCOc1ncc(C#N)c(N)n1. The van der Waals surface area contributed by atoms with E-state index in [-0.39, 0.29) is 17.4 Å². The summed E-state index contributed by atoms with van der Waals surface area (Å²) in [7, 11) is 0. The lowest BCUT2D eigenvalue weighted by molar-refractivity contribution is 0.313. The van der Waals surface area contributed by atoms with Crippen molar-refractivity contribution in [1.29, 1.82) is 5.26 Å². The molecule has 0 saturated heterocycles. The fraction of sp³-hybridized carbons (Fsp3) is 0.286. The third-order valence-electron chi connectivity index (χ3n) is 1.19. The van der Waals surface area contributed by atoms with E-state index in [0.717, 1.165) is 0 Å². The minimum absolute atomic E-state index is 0.149. The maximum absolute atomic E-state index is 8.49. The molecule has 0 aliphatic carbocycles. The molecule has 0 atom stereocenters. The van der Waals surface area contributed by atoms with Crippen LogP contribution in [0.2, 0.25) is 0 Å². The Kier molecular flexibility index (Phi) is 2.43. The van der Waals surface area contributed by atoms with E-state index in [1.165, 1.54) is 6.20 Å². The average Bonchev–Trinajstić information content (AvgIpc) is 2.05. The number of hydrogen-bond donors (Lipinski definition) is 1. The maximum atomic E-state index is 8.49. The summed E-state index contributed by atoms with van der Waals surface area (Å²) in [5.74, 6) is 0.149. The molecular weight excluding hydrogens is 156 g/mol. The van der Waals surface area contributed by atoms with Gasteiger partial charge in [-0.05, 0) is 6.92 Å². The fourth-order valence-corrected chi connectivity index (χ4v) is 0.663. The van der Waals surface area contributed by atoms with Crippen molar-refractivity contribution in [3.63, 3.8) is 0 Å². The van der Waals surface area contributed by atoms with Gasteiger partial charge in [-0.2, -0.15) is 10.2 Å². The number of nitrogens with zero attached hydrogens (tertiary/aromatic N) is 3. The van der Waals surface area contributed by atoms with E-state index in [1.807, 2.05) is 13.0 Å². The Hall–Kier alpha value is -1.83. The molecule has 0 unspecified atom stereocenters. The van der Waals surface area contributed by atoms with Crippen LogP contribution >= 0.6 is 0 Å². The van der Waals surface area contributed by atoms with Crippen molar-refractivity contribution in [2.24, 2.45) is 0 Å². The van der Waals surface area contributed by atoms with Crippen LogP contribution in [0.3, 0.4) is 0 Å². The third kappa shape index (κ3) is 1.61. The van der Waals surface area contributed by atoms with Crippen LogP contribution in [0.15, 0.2) is 6.20 Å². The smallest absolute Gasteiger partial charge is 0.318 e. The number of anilines is 1. The van der Waals surface area contributed by atoms with Gasteiger partial charge in [-0.1, -0.05) is 0 Å². The van der Waals surface area contributed by atoms with Crippen LogP contribution in [0, 0.1) is 11.3 Å². The van der Waals surface area contributed by atoms with Crippen LogP contribution < -0.4 is 10.5 Å². The first-order valence-corrected chi connectivity index (χ1v) is 3.43. The lowest BCUT2D eigenvalue weighted by Gasteiger charge is -2.00. The van der Waals surface area contributed by atoms with Gasteiger partial charge in [0.05, 0.1) is 12.8 Å². The number of nitriles is 1. The van der Waals surface area contributed by atoms with Gasteiger partial charge >= 0.3 is 6.01 Å². The monoisotopic (exact) mass is 164 g/mol. The van der Waals surface area contributed by atoms with Crippen LogP contribution in [0.4, 0.5) is 5.82 Å². The largest absolute Gasteiger partial charge is 0.464 e. The average molecular weight is 164 g/mol. The van der Waals surface area contributed by atoms with Crippen molar-refractivity contribution in [1.82, 2.24) is 9.97 Å². The molecule has 1 aromatic rings. The topological polar surface area (TPSA) is 84.8 Å². The van der Waals surface area contributed by atoms with Gasteiger partial charge in [-0.3, -0.25) is 0 Å². The predicted molar refractivity (Wildman–Crippen MR) is 42.3 cm³/mol. The predicted octanol–water partition coefficient (Wildman–Crippen LogP) is 0.329. The summed E-state index contributed by atoms with van der Waals surface area (Å²) in [6.45, 7) is 2.29. The quantitative estimate of drug-likeness (QED) is 0.680. The Bertz CT molecular complexity index is 318. The fourth-order valence-electron chi connectivity index (χ4n) is 0.663. The molecule has 1 heterocycles. The Labute approximate surface area is 69.8 Å². The lowest BCUT2D eigenvalue weighted by atomic mass is 10.3. The molecule has 5 heteroatoms. The first-order valence-electron chi connectivity index (χ1n) is 3.43. The van der Waals surface area contributed by atoms with Gasteiger partial charge in [0.1, 0.15) is 17.5 Å². The van der Waals surface area contributed by atoms with Crippen molar-refractivity contribution >= 4 is 5.82 Å². The summed E-state index contributed by atoms with van der Waals surface area (Å²) in [5, 5.41) is 8.49. The molecule has 1 aromatic heterocycles. The van der Waals surface area contributed by atoms with Gasteiger partial charge in [0.15, 0.2) is 0 Å². The van der Waals surface area contributed by atoms with Crippen molar-refractivity contribution in [2.75, 3.05) is 12.3 Å². The maximum Gasteiger partial charge on any atom is 0.318 e. The summed E-state index contributed by atoms with van der Waals surface area (Å²) in [4.78, 5) is 7.52. The molecule has 2 N–H and O–H groups in total. The molecular formula is C7H8N4O. The van der Waals surface area contributed by atoms with E-state index in [2.05, 4.69) is 9.97 Å². The van der Waals surface area contributed by atoms with Gasteiger partial charge in [0, 0.05) is 0 Å². The summed E-state index contributed by atoms with van der Waals surface area (Å²) >= 11 is 0. The van der Waals surface area contributed by atoms with E-state index in [1.54, 1.807) is 0 Å². The van der Waals surface area contributed by atoms with Gasteiger partial charge < -0.3 is 10.5 Å². The Morgan fingerprint density at radius 3 is 3.00 bits per heavy atom. The number of hydrogen-bond acceptors (Lipinski definition) is 5. The van der Waals surface area contributed by atoms with E-state index in [9.17, 15) is 0 Å². The first-order chi connectivity index (χ1) is 5.77. The molecule has 5 nitrogen and oxygen atoms in total. The van der Waals surface area contributed by atoms with E-state index < -0.39 is 0 Å². The number of nitrogen functional groups attached to an aromatic ring is 1. The minimum atomic E-state index is 0.149. The lowest BCUT2D eigenvalue weighted by Crippen LogP contribution is -2.02. The minimum Gasteiger partial charge on any atom is -0.464 e. The van der Waals surface area contributed by atoms with Gasteiger partial charge in [0.25, 0.3) is 0 Å². The van der Waals surface area contributed by atoms with Crippen LogP contribution in [-0.4, -0.2) is 16.6 Å². The summed E-state index contributed by atoms with van der Waals surface area (Å²) in [5.41, 5.74) is 5.67. The zero-order valence-corrected chi connectivity index (χ0v) is 6.61. The molecule has 0 aromatic carbocycles. The summed E-state index contributed by atoms with van der Waals surface area (Å²) in [6, 6.07) is 2.06. The molecule has 0 saturated carbocycles. The van der Waals surface area contributed by atoms with Crippen molar-refractivity contribution in [3.8, 4) is 12.1 Å². The molecule has 0 fully saturated rings. The second-order valence-electron chi connectivity index (χ2n) is 2.00. The molecule has 0 spiro atoms. The Balaban J connectivity index is 2.96. The van der Waals surface area contributed by atoms with Crippen molar-refractivity contribution in [2.45, 2.75) is 6.92 Å². The van der Waals surface area contributed by atoms with Crippen LogP contribution in [0.1, 0.15) is 12.5 Å². The zero-order valence-electron chi connectivity index (χ0n) is 6.61. The molecule has 12 heavy (non-hydrogen) atoms. The second-order valence-corrected chi connectivity index (χ2v) is 2.00. The van der Waals surface area contributed by atoms with Gasteiger partial charge in [-0.15, -0.1) is 0 Å². The number of nitrogens with two attached hydrogens (primary N) is 1. The highest BCUT2D eigenvalue weighted by Crippen LogP contribution is 2.09. The van der Waals surface area contributed by atoms with E-state index in [4.69, 9.17) is 15.7 Å². The highest BCUT2D eigenvalue weighted by molar-refractivity contribution is 5.46. The van der Waals surface area contributed by atoms with E-state index in [0.29, 0.717) is 6.61 Å². The normalized spacial score (nSPS) is 9.00. The molecule has 0 aliphatic heterocycles.